The van der Waals surface area contributed by atoms with Gasteiger partial charge in [-0.15, -0.1) is 0 Å². The zero-order valence-corrected chi connectivity index (χ0v) is 16.0. The molecular weight excluding hydrogens is 364 g/mol. The summed E-state index contributed by atoms with van der Waals surface area (Å²) >= 11 is 0. The highest BCUT2D eigenvalue weighted by atomic mass is 16.6. The van der Waals surface area contributed by atoms with Gasteiger partial charge in [0.25, 0.3) is 0 Å². The Morgan fingerprint density at radius 3 is 2.14 bits per heavy atom. The van der Waals surface area contributed by atoms with Crippen LogP contribution in [0.15, 0.2) is 24.3 Å². The molecule has 2 N–H and O–H groups in total. The third kappa shape index (κ3) is 3.09. The molecule has 7 nitrogen and oxygen atoms in total. The average Bonchev–Trinajstić information content (AvgIpc) is 2.58. The van der Waals surface area contributed by atoms with Crippen LogP contribution in [0.3, 0.4) is 0 Å². The Bertz CT molecular complexity index is 1020. The molecule has 0 saturated heterocycles. The Balaban J connectivity index is 2.09. The van der Waals surface area contributed by atoms with Gasteiger partial charge in [0, 0.05) is 17.2 Å². The first-order valence-corrected chi connectivity index (χ1v) is 8.73. The van der Waals surface area contributed by atoms with E-state index in [-0.39, 0.29) is 40.4 Å². The van der Waals surface area contributed by atoms with E-state index in [1.807, 2.05) is 0 Å². The van der Waals surface area contributed by atoms with Crippen molar-refractivity contribution in [2.45, 2.75) is 33.3 Å². The maximum Gasteiger partial charge on any atom is 0.349 e. The van der Waals surface area contributed by atoms with Crippen molar-refractivity contribution >= 4 is 17.5 Å². The highest BCUT2D eigenvalue weighted by molar-refractivity contribution is 6.30. The standard InChI is InChI=1S/C21H20O7/c1-5-27-20(26)21(3,4)28-11-8-13-17(15(23)9-11)19(25)16-12(18(13)24)6-10(2)7-14(16)22/h6-9,22-23H,5H2,1-4H3. The topological polar surface area (TPSA) is 110 Å². The predicted molar refractivity (Wildman–Crippen MR) is 99.2 cm³/mol. The monoisotopic (exact) mass is 384 g/mol. The van der Waals surface area contributed by atoms with E-state index in [2.05, 4.69) is 0 Å². The molecule has 3 rings (SSSR count). The summed E-state index contributed by atoms with van der Waals surface area (Å²) in [6, 6.07) is 5.34. The lowest BCUT2D eigenvalue weighted by molar-refractivity contribution is -0.158. The van der Waals surface area contributed by atoms with Crippen LogP contribution in [0.5, 0.6) is 17.2 Å². The van der Waals surface area contributed by atoms with Crippen LogP contribution in [0, 0.1) is 6.92 Å². The lowest BCUT2D eigenvalue weighted by atomic mass is 9.82. The van der Waals surface area contributed by atoms with Gasteiger partial charge >= 0.3 is 5.97 Å². The number of phenolic OH excluding ortho intramolecular Hbond substituents is 2. The number of ketones is 2. The fourth-order valence-corrected chi connectivity index (χ4v) is 3.17. The van der Waals surface area contributed by atoms with Crippen LogP contribution in [0.2, 0.25) is 0 Å². The number of esters is 1. The number of hydrogen-bond donors (Lipinski definition) is 2. The van der Waals surface area contributed by atoms with Gasteiger partial charge in [-0.05, 0) is 51.5 Å². The molecule has 7 heteroatoms. The van der Waals surface area contributed by atoms with Crippen molar-refractivity contribution in [1.29, 1.82) is 0 Å². The Morgan fingerprint density at radius 2 is 1.54 bits per heavy atom. The highest BCUT2D eigenvalue weighted by Crippen LogP contribution is 2.39. The summed E-state index contributed by atoms with van der Waals surface area (Å²) in [6.45, 7) is 6.51. The third-order valence-corrected chi connectivity index (χ3v) is 4.44. The highest BCUT2D eigenvalue weighted by Gasteiger charge is 2.37. The second kappa shape index (κ2) is 6.67. The maximum atomic E-state index is 12.9. The predicted octanol–water partition coefficient (Wildman–Crippen LogP) is 2.90. The number of ether oxygens (including phenoxy) is 2. The zero-order valence-electron chi connectivity index (χ0n) is 16.0. The second-order valence-corrected chi connectivity index (χ2v) is 7.06. The molecule has 0 heterocycles. The van der Waals surface area contributed by atoms with Gasteiger partial charge in [-0.3, -0.25) is 9.59 Å². The molecule has 2 aromatic rings. The molecular formula is C21H20O7. The number of hydrogen-bond acceptors (Lipinski definition) is 7. The van der Waals surface area contributed by atoms with Gasteiger partial charge in [-0.25, -0.2) is 4.79 Å². The normalized spacial score (nSPS) is 13.0. The van der Waals surface area contributed by atoms with Gasteiger partial charge in [0.1, 0.15) is 17.2 Å². The lowest BCUT2D eigenvalue weighted by Crippen LogP contribution is -2.39. The SMILES string of the molecule is CCOC(=O)C(C)(C)Oc1cc(O)c2c(c1)C(=O)c1cc(C)cc(O)c1C2=O. The van der Waals surface area contributed by atoms with Gasteiger partial charge in [-0.1, -0.05) is 0 Å². The van der Waals surface area contributed by atoms with Crippen LogP contribution in [-0.4, -0.2) is 40.0 Å². The van der Waals surface area contributed by atoms with E-state index in [0.29, 0.717) is 5.56 Å². The number of rotatable bonds is 4. The molecule has 0 amide bonds. The lowest BCUT2D eigenvalue weighted by Gasteiger charge is -2.26. The summed E-state index contributed by atoms with van der Waals surface area (Å²) in [5, 5.41) is 20.5. The molecule has 0 radical (unpaired) electrons. The number of fused-ring (bicyclic) bond motifs is 2. The zero-order chi connectivity index (χ0) is 20.8. The molecule has 0 fully saturated rings. The first kappa shape index (κ1) is 19.4. The minimum absolute atomic E-state index is 0.0378. The van der Waals surface area contributed by atoms with Gasteiger partial charge < -0.3 is 19.7 Å². The van der Waals surface area contributed by atoms with Crippen LogP contribution in [0.4, 0.5) is 0 Å². The third-order valence-electron chi connectivity index (χ3n) is 4.44. The fraction of sp³-hybridized carbons (Fsp3) is 0.286. The van der Waals surface area contributed by atoms with E-state index in [0.717, 1.165) is 6.07 Å². The molecule has 146 valence electrons. The van der Waals surface area contributed by atoms with E-state index in [1.54, 1.807) is 13.8 Å². The quantitative estimate of drug-likeness (QED) is 0.666. The Kier molecular flexibility index (Phi) is 4.62. The number of carbonyl (C=O) groups is 3. The number of aryl methyl sites for hydroxylation is 1. The summed E-state index contributed by atoms with van der Waals surface area (Å²) in [5.74, 6) is -2.55. The number of carbonyl (C=O) groups excluding carboxylic acids is 3. The summed E-state index contributed by atoms with van der Waals surface area (Å²) in [4.78, 5) is 37.8. The van der Waals surface area contributed by atoms with Crippen LogP contribution in [-0.2, 0) is 9.53 Å². The van der Waals surface area contributed by atoms with Gasteiger partial charge in [-0.2, -0.15) is 0 Å². The van der Waals surface area contributed by atoms with Crippen molar-refractivity contribution in [3.63, 3.8) is 0 Å². The molecule has 2 aromatic carbocycles. The number of benzene rings is 2. The Hall–Kier alpha value is -3.35. The first-order chi connectivity index (χ1) is 13.1. The minimum atomic E-state index is -1.37. The van der Waals surface area contributed by atoms with E-state index in [9.17, 15) is 24.6 Å². The van der Waals surface area contributed by atoms with E-state index in [4.69, 9.17) is 9.47 Å². The fourth-order valence-electron chi connectivity index (χ4n) is 3.17. The van der Waals surface area contributed by atoms with Crippen molar-refractivity contribution in [2.24, 2.45) is 0 Å². The molecule has 0 atom stereocenters. The van der Waals surface area contributed by atoms with Crippen LogP contribution >= 0.6 is 0 Å². The van der Waals surface area contributed by atoms with Crippen LogP contribution in [0.1, 0.15) is 58.2 Å². The number of aromatic hydroxyl groups is 2. The first-order valence-electron chi connectivity index (χ1n) is 8.73. The molecule has 1 aliphatic carbocycles. The van der Waals surface area contributed by atoms with Crippen molar-refractivity contribution < 1.29 is 34.1 Å². The minimum Gasteiger partial charge on any atom is -0.507 e. The maximum absolute atomic E-state index is 12.9. The molecule has 0 saturated carbocycles. The number of phenols is 2. The van der Waals surface area contributed by atoms with Crippen LogP contribution < -0.4 is 4.74 Å². The molecule has 0 aliphatic heterocycles. The Morgan fingerprint density at radius 1 is 0.964 bits per heavy atom. The summed E-state index contributed by atoms with van der Waals surface area (Å²) in [6.07, 6.45) is 0. The Labute approximate surface area is 161 Å². The second-order valence-electron chi connectivity index (χ2n) is 7.06. The average molecular weight is 384 g/mol. The summed E-state index contributed by atoms with van der Waals surface area (Å²) in [7, 11) is 0. The van der Waals surface area contributed by atoms with Crippen molar-refractivity contribution in [2.75, 3.05) is 6.61 Å². The molecule has 0 unspecified atom stereocenters. The molecule has 28 heavy (non-hydrogen) atoms. The summed E-state index contributed by atoms with van der Waals surface area (Å²) < 4.78 is 10.6. The van der Waals surface area contributed by atoms with Gasteiger partial charge in [0.2, 0.25) is 5.78 Å². The van der Waals surface area contributed by atoms with Crippen molar-refractivity contribution in [3.8, 4) is 17.2 Å². The smallest absolute Gasteiger partial charge is 0.349 e. The van der Waals surface area contributed by atoms with E-state index < -0.39 is 28.9 Å². The molecule has 1 aliphatic rings. The van der Waals surface area contributed by atoms with Gasteiger partial charge in [0.15, 0.2) is 11.4 Å². The molecule has 0 aromatic heterocycles. The molecule has 0 spiro atoms. The van der Waals surface area contributed by atoms with Gasteiger partial charge in [0.05, 0.1) is 17.7 Å². The van der Waals surface area contributed by atoms with Crippen molar-refractivity contribution in [3.05, 3.63) is 52.1 Å². The van der Waals surface area contributed by atoms with E-state index >= 15 is 0 Å². The molecule has 0 bridgehead atoms. The van der Waals surface area contributed by atoms with E-state index in [1.165, 1.54) is 32.0 Å². The largest absolute Gasteiger partial charge is 0.507 e. The van der Waals surface area contributed by atoms with Crippen LogP contribution in [0.25, 0.3) is 0 Å². The van der Waals surface area contributed by atoms with Crippen molar-refractivity contribution in [1.82, 2.24) is 0 Å². The summed E-state index contributed by atoms with van der Waals surface area (Å²) in [5.41, 5.74) is -1.11.